The SMILES string of the molecule is CSc1ccc(C#Cc2ccc(C#Cc3ccc(C#Cc4ccccc4C#N)cc3C#N)cc2C#N)cc1. The van der Waals surface area contributed by atoms with Crippen LogP contribution in [0.4, 0.5) is 0 Å². The van der Waals surface area contributed by atoms with E-state index in [0.717, 1.165) is 5.56 Å². The molecule has 174 valence electrons. The van der Waals surface area contributed by atoms with Gasteiger partial charge in [0.2, 0.25) is 0 Å². The van der Waals surface area contributed by atoms with Crippen molar-refractivity contribution in [2.75, 3.05) is 6.26 Å². The normalized spacial score (nSPS) is 9.11. The van der Waals surface area contributed by atoms with Gasteiger partial charge in [0, 0.05) is 38.3 Å². The Morgan fingerprint density at radius 2 is 0.868 bits per heavy atom. The average Bonchev–Trinajstić information content (AvgIpc) is 2.98. The molecule has 4 rings (SSSR count). The fourth-order valence-electron chi connectivity index (χ4n) is 3.43. The van der Waals surface area contributed by atoms with Gasteiger partial charge in [-0.25, -0.2) is 0 Å². The van der Waals surface area contributed by atoms with Crippen LogP contribution < -0.4 is 0 Å². The molecule has 0 N–H and O–H groups in total. The van der Waals surface area contributed by atoms with Crippen LogP contribution in [0.2, 0.25) is 0 Å². The van der Waals surface area contributed by atoms with E-state index in [1.54, 1.807) is 60.3 Å². The number of rotatable bonds is 1. The fourth-order valence-corrected chi connectivity index (χ4v) is 3.84. The van der Waals surface area contributed by atoms with E-state index in [1.807, 2.05) is 42.7 Å². The Kier molecular flexibility index (Phi) is 8.29. The standard InChI is InChI=1S/C34H17N3S/c1-38-34-18-11-25(12-19-34)6-13-29-15-8-27(21-32(29)23-36)10-17-30-16-9-26(20-33(30)24-37)7-14-28-4-2-3-5-31(28)22-35/h2-5,8-9,11-12,15-16,18-21H,1H3. The number of thioether (sulfide) groups is 1. The monoisotopic (exact) mass is 499 g/mol. The maximum atomic E-state index is 9.64. The molecule has 4 aromatic rings. The van der Waals surface area contributed by atoms with Gasteiger partial charge in [0.1, 0.15) is 18.2 Å². The maximum absolute atomic E-state index is 9.64. The average molecular weight is 500 g/mol. The maximum Gasteiger partial charge on any atom is 0.100 e. The van der Waals surface area contributed by atoms with Gasteiger partial charge in [-0.15, -0.1) is 11.8 Å². The van der Waals surface area contributed by atoms with Gasteiger partial charge in [-0.3, -0.25) is 0 Å². The predicted molar refractivity (Wildman–Crippen MR) is 150 cm³/mol. The van der Waals surface area contributed by atoms with E-state index in [9.17, 15) is 15.8 Å². The summed E-state index contributed by atoms with van der Waals surface area (Å²) in [6.45, 7) is 0. The second-order valence-corrected chi connectivity index (χ2v) is 8.76. The Bertz CT molecular complexity index is 1840. The minimum atomic E-state index is 0.397. The number of benzene rings is 4. The van der Waals surface area contributed by atoms with E-state index in [1.165, 1.54) is 4.90 Å². The molecule has 0 spiro atoms. The third kappa shape index (κ3) is 6.33. The van der Waals surface area contributed by atoms with Crippen LogP contribution in [0.25, 0.3) is 0 Å². The lowest BCUT2D eigenvalue weighted by Crippen LogP contribution is -1.88. The van der Waals surface area contributed by atoms with Crippen molar-refractivity contribution in [2.24, 2.45) is 0 Å². The second-order valence-electron chi connectivity index (χ2n) is 7.88. The molecule has 0 saturated heterocycles. The molecule has 0 aliphatic heterocycles. The van der Waals surface area contributed by atoms with Crippen LogP contribution in [-0.4, -0.2) is 6.26 Å². The van der Waals surface area contributed by atoms with Crippen molar-refractivity contribution in [1.82, 2.24) is 0 Å². The quantitative estimate of drug-likeness (QED) is 0.230. The first-order chi connectivity index (χ1) is 18.6. The first-order valence-electron chi connectivity index (χ1n) is 11.4. The lowest BCUT2D eigenvalue weighted by molar-refractivity contribution is 1.44. The van der Waals surface area contributed by atoms with Gasteiger partial charge in [-0.1, -0.05) is 47.7 Å². The van der Waals surface area contributed by atoms with Gasteiger partial charge in [-0.2, -0.15) is 15.8 Å². The van der Waals surface area contributed by atoms with Gasteiger partial charge in [0.05, 0.1) is 16.7 Å². The first-order valence-corrected chi connectivity index (χ1v) is 12.6. The molecule has 0 aliphatic rings. The third-order valence-corrected chi connectivity index (χ3v) is 6.19. The molecule has 0 heterocycles. The Balaban J connectivity index is 1.57. The minimum absolute atomic E-state index is 0.397. The fraction of sp³-hybridized carbons (Fsp3) is 0.0294. The molecule has 0 bridgehead atoms. The van der Waals surface area contributed by atoms with Crippen molar-refractivity contribution in [2.45, 2.75) is 4.90 Å². The zero-order valence-electron chi connectivity index (χ0n) is 20.3. The molecule has 0 fully saturated rings. The first kappa shape index (κ1) is 25.5. The summed E-state index contributed by atoms with van der Waals surface area (Å²) in [4.78, 5) is 1.17. The Labute approximate surface area is 227 Å². The highest BCUT2D eigenvalue weighted by molar-refractivity contribution is 7.98. The van der Waals surface area contributed by atoms with Gasteiger partial charge >= 0.3 is 0 Å². The van der Waals surface area contributed by atoms with Crippen molar-refractivity contribution >= 4 is 11.8 Å². The summed E-state index contributed by atoms with van der Waals surface area (Å²) in [5.41, 5.74) is 5.34. The molecule has 0 amide bonds. The molecule has 0 atom stereocenters. The number of hydrogen-bond donors (Lipinski definition) is 0. The minimum Gasteiger partial charge on any atom is -0.192 e. The van der Waals surface area contributed by atoms with Crippen LogP contribution in [0.15, 0.2) is 89.8 Å². The zero-order valence-corrected chi connectivity index (χ0v) is 21.1. The van der Waals surface area contributed by atoms with E-state index in [0.29, 0.717) is 44.5 Å². The zero-order chi connectivity index (χ0) is 26.7. The smallest absolute Gasteiger partial charge is 0.100 e. The van der Waals surface area contributed by atoms with Crippen LogP contribution >= 0.6 is 11.8 Å². The predicted octanol–water partition coefficient (Wildman–Crippen LogP) is 6.22. The second kappa shape index (κ2) is 12.4. The molecular formula is C34H17N3S. The summed E-state index contributed by atoms with van der Waals surface area (Å²) in [5.74, 6) is 18.2. The van der Waals surface area contributed by atoms with Crippen molar-refractivity contribution in [3.63, 3.8) is 0 Å². The topological polar surface area (TPSA) is 71.4 Å². The molecule has 0 aliphatic carbocycles. The van der Waals surface area contributed by atoms with E-state index < -0.39 is 0 Å². The summed E-state index contributed by atoms with van der Waals surface area (Å²) in [6.07, 6.45) is 2.02. The third-order valence-electron chi connectivity index (χ3n) is 5.44. The van der Waals surface area contributed by atoms with Crippen molar-refractivity contribution in [3.8, 4) is 53.7 Å². The van der Waals surface area contributed by atoms with Crippen LogP contribution in [-0.2, 0) is 0 Å². The number of nitriles is 3. The molecule has 0 aromatic heterocycles. The summed E-state index contributed by atoms with van der Waals surface area (Å²) in [5, 5.41) is 28.5. The molecule has 38 heavy (non-hydrogen) atoms. The molecule has 0 saturated carbocycles. The molecule has 3 nitrogen and oxygen atoms in total. The highest BCUT2D eigenvalue weighted by Gasteiger charge is 2.03. The van der Waals surface area contributed by atoms with Gasteiger partial charge in [0.15, 0.2) is 0 Å². The molecule has 4 heteroatoms. The molecule has 0 unspecified atom stereocenters. The van der Waals surface area contributed by atoms with Crippen molar-refractivity contribution in [3.05, 3.63) is 135 Å². The summed E-state index contributed by atoms with van der Waals surface area (Å²) < 4.78 is 0. The summed E-state index contributed by atoms with van der Waals surface area (Å²) in [7, 11) is 0. The number of hydrogen-bond acceptors (Lipinski definition) is 4. The Hall–Kier alpha value is -5.62. The lowest BCUT2D eigenvalue weighted by Gasteiger charge is -1.99. The van der Waals surface area contributed by atoms with Crippen molar-refractivity contribution < 1.29 is 0 Å². The van der Waals surface area contributed by atoms with Gasteiger partial charge < -0.3 is 0 Å². The van der Waals surface area contributed by atoms with Crippen LogP contribution in [0.5, 0.6) is 0 Å². The van der Waals surface area contributed by atoms with Crippen LogP contribution in [0.3, 0.4) is 0 Å². The summed E-state index contributed by atoms with van der Waals surface area (Å²) in [6, 6.07) is 32.1. The highest BCUT2D eigenvalue weighted by Crippen LogP contribution is 2.16. The van der Waals surface area contributed by atoms with Crippen LogP contribution in [0.1, 0.15) is 50.1 Å². The number of nitrogens with zero attached hydrogens (tertiary/aromatic N) is 3. The molecular weight excluding hydrogens is 482 g/mol. The van der Waals surface area contributed by atoms with Gasteiger partial charge in [0.25, 0.3) is 0 Å². The molecule has 0 radical (unpaired) electrons. The van der Waals surface area contributed by atoms with E-state index in [2.05, 4.69) is 53.7 Å². The molecule has 4 aromatic carbocycles. The van der Waals surface area contributed by atoms with E-state index in [-0.39, 0.29) is 0 Å². The highest BCUT2D eigenvalue weighted by atomic mass is 32.2. The van der Waals surface area contributed by atoms with Gasteiger partial charge in [-0.05, 0) is 79.1 Å². The Morgan fingerprint density at radius 1 is 0.447 bits per heavy atom. The Morgan fingerprint density at radius 3 is 1.34 bits per heavy atom. The lowest BCUT2D eigenvalue weighted by atomic mass is 10.0. The summed E-state index contributed by atoms with van der Waals surface area (Å²) >= 11 is 1.67. The van der Waals surface area contributed by atoms with Crippen molar-refractivity contribution in [1.29, 1.82) is 15.8 Å². The largest absolute Gasteiger partial charge is 0.192 e. The van der Waals surface area contributed by atoms with E-state index >= 15 is 0 Å². The van der Waals surface area contributed by atoms with Crippen LogP contribution in [0, 0.1) is 69.5 Å². The van der Waals surface area contributed by atoms with E-state index in [4.69, 9.17) is 0 Å².